The predicted molar refractivity (Wildman–Crippen MR) is 227 cm³/mol. The second-order valence-electron chi connectivity index (χ2n) is 16.5. The van der Waals surface area contributed by atoms with E-state index in [1.165, 1.54) is 173 Å². The van der Waals surface area contributed by atoms with Crippen molar-refractivity contribution >= 4 is 11.9 Å². The van der Waals surface area contributed by atoms with Gasteiger partial charge in [-0.1, -0.05) is 226 Å². The van der Waals surface area contributed by atoms with Crippen molar-refractivity contribution in [1.29, 1.82) is 0 Å². The van der Waals surface area contributed by atoms with Crippen LogP contribution in [0.1, 0.15) is 265 Å². The molecule has 316 valence electrons. The highest BCUT2D eigenvalue weighted by molar-refractivity contribution is 5.77. The Labute approximate surface area is 330 Å². The van der Waals surface area contributed by atoms with Crippen LogP contribution < -0.4 is 5.32 Å². The van der Waals surface area contributed by atoms with E-state index < -0.39 is 18.2 Å². The molecular formula is C47H93NO5. The molecule has 3 unspecified atom stereocenters. The number of carbonyl (C=O) groups is 2. The molecule has 6 nitrogen and oxygen atoms in total. The SMILES string of the molecule is CCCCCCCCCCCCCCCCCCC(O)C(CO)NC(=O)CC(CCCCCCCCC)OC(=O)CCCCCCCCCCCCC. The second-order valence-corrected chi connectivity index (χ2v) is 16.5. The van der Waals surface area contributed by atoms with Gasteiger partial charge in [0.05, 0.1) is 25.2 Å². The number of amides is 1. The molecule has 0 spiro atoms. The molecule has 0 radical (unpaired) electrons. The van der Waals surface area contributed by atoms with Gasteiger partial charge in [0.15, 0.2) is 0 Å². The van der Waals surface area contributed by atoms with Crippen molar-refractivity contribution in [2.45, 2.75) is 283 Å². The molecule has 0 aromatic carbocycles. The number of esters is 1. The lowest BCUT2D eigenvalue weighted by atomic mass is 10.0. The number of carbonyl (C=O) groups excluding carboxylic acids is 2. The maximum atomic E-state index is 13.1. The second kappa shape index (κ2) is 42.0. The van der Waals surface area contributed by atoms with Gasteiger partial charge in [-0.3, -0.25) is 9.59 Å². The predicted octanol–water partition coefficient (Wildman–Crippen LogP) is 13.6. The zero-order valence-corrected chi connectivity index (χ0v) is 35.9. The summed E-state index contributed by atoms with van der Waals surface area (Å²) in [7, 11) is 0. The molecule has 0 aliphatic rings. The topological polar surface area (TPSA) is 95.9 Å². The zero-order valence-electron chi connectivity index (χ0n) is 35.9. The average molecular weight is 752 g/mol. The Bertz CT molecular complexity index is 761. The molecule has 6 heteroatoms. The Hall–Kier alpha value is -1.14. The van der Waals surface area contributed by atoms with Crippen molar-refractivity contribution in [2.24, 2.45) is 0 Å². The third-order valence-corrected chi connectivity index (χ3v) is 11.2. The Morgan fingerprint density at radius 1 is 0.472 bits per heavy atom. The van der Waals surface area contributed by atoms with Crippen LogP contribution in [0.4, 0.5) is 0 Å². The first kappa shape index (κ1) is 51.9. The van der Waals surface area contributed by atoms with E-state index in [-0.39, 0.29) is 24.9 Å². The molecule has 0 aromatic rings. The third kappa shape index (κ3) is 37.6. The highest BCUT2D eigenvalue weighted by Gasteiger charge is 2.24. The van der Waals surface area contributed by atoms with Crippen LogP contribution in [-0.2, 0) is 14.3 Å². The van der Waals surface area contributed by atoms with Crippen LogP contribution in [0.3, 0.4) is 0 Å². The number of aliphatic hydroxyl groups is 2. The van der Waals surface area contributed by atoms with Gasteiger partial charge in [-0.15, -0.1) is 0 Å². The fraction of sp³-hybridized carbons (Fsp3) is 0.957. The standard InChI is InChI=1S/C47H93NO5/c1-4-7-10-13-16-18-20-21-22-23-24-26-27-30-33-36-39-45(50)44(42-49)48-46(51)41-43(38-35-32-29-15-12-9-6-3)53-47(52)40-37-34-31-28-25-19-17-14-11-8-5-2/h43-45,49-50H,4-42H2,1-3H3,(H,48,51). The van der Waals surface area contributed by atoms with Crippen molar-refractivity contribution in [2.75, 3.05) is 6.61 Å². The van der Waals surface area contributed by atoms with Crippen LogP contribution in [0, 0.1) is 0 Å². The Morgan fingerprint density at radius 3 is 1.15 bits per heavy atom. The van der Waals surface area contributed by atoms with E-state index in [0.717, 1.165) is 44.9 Å². The first-order chi connectivity index (χ1) is 26.0. The molecular weight excluding hydrogens is 659 g/mol. The molecule has 0 fully saturated rings. The van der Waals surface area contributed by atoms with Crippen molar-refractivity contribution < 1.29 is 24.5 Å². The van der Waals surface area contributed by atoms with E-state index in [2.05, 4.69) is 26.1 Å². The van der Waals surface area contributed by atoms with Crippen LogP contribution >= 0.6 is 0 Å². The molecule has 0 aliphatic heterocycles. The Kier molecular flexibility index (Phi) is 41.1. The molecule has 0 aliphatic carbocycles. The molecule has 0 rings (SSSR count). The van der Waals surface area contributed by atoms with Crippen LogP contribution in [-0.4, -0.2) is 46.9 Å². The molecule has 0 aromatic heterocycles. The summed E-state index contributed by atoms with van der Waals surface area (Å²) in [6, 6.07) is -0.690. The number of ether oxygens (including phenoxy) is 1. The lowest BCUT2D eigenvalue weighted by Gasteiger charge is -2.24. The first-order valence-electron chi connectivity index (χ1n) is 23.8. The van der Waals surface area contributed by atoms with Gasteiger partial charge in [-0.25, -0.2) is 0 Å². The van der Waals surface area contributed by atoms with Crippen LogP contribution in [0.25, 0.3) is 0 Å². The molecule has 0 saturated carbocycles. The van der Waals surface area contributed by atoms with Crippen LogP contribution in [0.5, 0.6) is 0 Å². The Morgan fingerprint density at radius 2 is 0.792 bits per heavy atom. The van der Waals surface area contributed by atoms with E-state index in [4.69, 9.17) is 4.74 Å². The fourth-order valence-corrected chi connectivity index (χ4v) is 7.55. The number of nitrogens with one attached hydrogen (secondary N) is 1. The normalized spacial score (nSPS) is 13.2. The average Bonchev–Trinajstić information content (AvgIpc) is 3.15. The molecule has 1 amide bonds. The summed E-state index contributed by atoms with van der Waals surface area (Å²) >= 11 is 0. The van der Waals surface area contributed by atoms with Crippen molar-refractivity contribution in [3.05, 3.63) is 0 Å². The van der Waals surface area contributed by atoms with Gasteiger partial charge >= 0.3 is 5.97 Å². The van der Waals surface area contributed by atoms with E-state index in [1.54, 1.807) is 0 Å². The smallest absolute Gasteiger partial charge is 0.306 e. The molecule has 3 atom stereocenters. The minimum atomic E-state index is -0.777. The molecule has 53 heavy (non-hydrogen) atoms. The lowest BCUT2D eigenvalue weighted by Crippen LogP contribution is -2.46. The summed E-state index contributed by atoms with van der Waals surface area (Å²) < 4.78 is 5.87. The Balaban J connectivity index is 4.33. The fourth-order valence-electron chi connectivity index (χ4n) is 7.55. The third-order valence-electron chi connectivity index (χ3n) is 11.2. The number of hydrogen-bond donors (Lipinski definition) is 3. The number of hydrogen-bond acceptors (Lipinski definition) is 5. The van der Waals surface area contributed by atoms with Gasteiger partial charge in [-0.05, 0) is 25.7 Å². The molecule has 0 heterocycles. The summed E-state index contributed by atoms with van der Waals surface area (Å²) in [5.41, 5.74) is 0. The van der Waals surface area contributed by atoms with Gasteiger partial charge < -0.3 is 20.3 Å². The molecule has 0 saturated heterocycles. The van der Waals surface area contributed by atoms with E-state index in [0.29, 0.717) is 19.3 Å². The van der Waals surface area contributed by atoms with Crippen molar-refractivity contribution in [3.8, 4) is 0 Å². The summed E-state index contributed by atoms with van der Waals surface area (Å²) in [5.74, 6) is -0.463. The highest BCUT2D eigenvalue weighted by atomic mass is 16.5. The molecule has 0 bridgehead atoms. The largest absolute Gasteiger partial charge is 0.462 e. The summed E-state index contributed by atoms with van der Waals surface area (Å²) in [4.78, 5) is 25.9. The summed E-state index contributed by atoms with van der Waals surface area (Å²) in [6.07, 6.45) is 43.2. The van der Waals surface area contributed by atoms with Crippen molar-refractivity contribution in [3.63, 3.8) is 0 Å². The zero-order chi connectivity index (χ0) is 38.9. The van der Waals surface area contributed by atoms with E-state index >= 15 is 0 Å². The van der Waals surface area contributed by atoms with Gasteiger partial charge in [0.2, 0.25) is 5.91 Å². The van der Waals surface area contributed by atoms with E-state index in [9.17, 15) is 19.8 Å². The maximum Gasteiger partial charge on any atom is 0.306 e. The van der Waals surface area contributed by atoms with Gasteiger partial charge in [0, 0.05) is 6.42 Å². The van der Waals surface area contributed by atoms with Gasteiger partial charge in [0.1, 0.15) is 6.10 Å². The van der Waals surface area contributed by atoms with Gasteiger partial charge in [-0.2, -0.15) is 0 Å². The minimum absolute atomic E-state index is 0.0854. The summed E-state index contributed by atoms with van der Waals surface area (Å²) in [5, 5.41) is 23.6. The molecule has 3 N–H and O–H groups in total. The number of unbranched alkanes of at least 4 members (excludes halogenated alkanes) is 31. The van der Waals surface area contributed by atoms with Crippen LogP contribution in [0.15, 0.2) is 0 Å². The maximum absolute atomic E-state index is 13.1. The van der Waals surface area contributed by atoms with Crippen molar-refractivity contribution in [1.82, 2.24) is 5.32 Å². The number of rotatable bonds is 43. The minimum Gasteiger partial charge on any atom is -0.462 e. The van der Waals surface area contributed by atoms with E-state index in [1.807, 2.05) is 0 Å². The highest BCUT2D eigenvalue weighted by Crippen LogP contribution is 2.18. The summed E-state index contributed by atoms with van der Waals surface area (Å²) in [6.45, 7) is 6.46. The van der Waals surface area contributed by atoms with Gasteiger partial charge in [0.25, 0.3) is 0 Å². The monoisotopic (exact) mass is 752 g/mol. The first-order valence-corrected chi connectivity index (χ1v) is 23.8. The lowest BCUT2D eigenvalue weighted by molar-refractivity contribution is -0.151. The van der Waals surface area contributed by atoms with Crippen LogP contribution in [0.2, 0.25) is 0 Å². The quantitative estimate of drug-likeness (QED) is 0.0426. The number of aliphatic hydroxyl groups excluding tert-OH is 2.